The number of hydrogen-bond acceptors (Lipinski definition) is 18. The molecule has 0 unspecified atom stereocenters. The van der Waals surface area contributed by atoms with Crippen molar-refractivity contribution in [2.75, 3.05) is 0 Å². The van der Waals surface area contributed by atoms with E-state index in [0.29, 0.717) is 0 Å². The summed E-state index contributed by atoms with van der Waals surface area (Å²) in [4.78, 5) is 0. The molecule has 0 aliphatic carbocycles. The van der Waals surface area contributed by atoms with E-state index < -0.39 is 21.6 Å². The van der Waals surface area contributed by atoms with Crippen LogP contribution in [0.2, 0.25) is 0 Å². The molecule has 25 heteroatoms. The van der Waals surface area contributed by atoms with Gasteiger partial charge in [-0.05, 0) is 41.7 Å². The van der Waals surface area contributed by atoms with Gasteiger partial charge in [0.15, 0.2) is 0 Å². The van der Waals surface area contributed by atoms with Crippen LogP contribution < -0.4 is 28.0 Å². The fraction of sp³-hybridized carbons (Fsp3) is 0.500. The van der Waals surface area contributed by atoms with Crippen LogP contribution in [-0.4, -0.2) is 80.8 Å². The van der Waals surface area contributed by atoms with Crippen molar-refractivity contribution in [1.29, 1.82) is 0 Å². The Morgan fingerprint density at radius 1 is 0.455 bits per heavy atom. The van der Waals surface area contributed by atoms with Gasteiger partial charge in [0.2, 0.25) is 0 Å². The second kappa shape index (κ2) is 23.8. The molecule has 1 radical (unpaired) electrons. The van der Waals surface area contributed by atoms with E-state index in [0.717, 1.165) is 0 Å². The van der Waals surface area contributed by atoms with Crippen molar-refractivity contribution in [2.24, 2.45) is 28.2 Å². The SMILES string of the molecule is Cn1cnnn1.Cn1cnnn1.Cn1cnnn1.Cn1cnnn1.[Cu+2].[O-][Cl+2]([O-])[O-].[O-][Cl+2]([O-])[O-]. The number of tetrazole rings is 4. The summed E-state index contributed by atoms with van der Waals surface area (Å²) in [6.45, 7) is 0. The molecule has 189 valence electrons. The maximum absolute atomic E-state index is 8.41. The van der Waals surface area contributed by atoms with Gasteiger partial charge in [0.05, 0.1) is 21.6 Å². The molecule has 0 saturated heterocycles. The zero-order valence-electron chi connectivity index (χ0n) is 17.0. The molecule has 0 spiro atoms. The van der Waals surface area contributed by atoms with E-state index in [1.807, 2.05) is 0 Å². The van der Waals surface area contributed by atoms with Crippen LogP contribution in [0.5, 0.6) is 0 Å². The Hall–Kier alpha value is -2.86. The van der Waals surface area contributed by atoms with Crippen LogP contribution >= 0.6 is 0 Å². The molecule has 4 heterocycles. The zero-order valence-corrected chi connectivity index (χ0v) is 19.4. The number of aromatic nitrogens is 16. The molecule has 0 aliphatic rings. The summed E-state index contributed by atoms with van der Waals surface area (Å²) in [5, 5.41) is 40.7. The minimum absolute atomic E-state index is 0. The first kappa shape index (κ1) is 34.7. The Morgan fingerprint density at radius 2 is 0.606 bits per heavy atom. The molecule has 4 aromatic rings. The first-order chi connectivity index (χ1) is 15.0. The van der Waals surface area contributed by atoms with Crippen LogP contribution in [0.3, 0.4) is 0 Å². The van der Waals surface area contributed by atoms with Crippen molar-refractivity contribution in [3.8, 4) is 0 Å². The second-order valence-electron chi connectivity index (χ2n) is 4.31. The van der Waals surface area contributed by atoms with Crippen molar-refractivity contribution in [1.82, 2.24) is 80.8 Å². The van der Waals surface area contributed by atoms with Gasteiger partial charge in [-0.1, -0.05) is 0 Å². The molecule has 33 heavy (non-hydrogen) atoms. The third kappa shape index (κ3) is 34.0. The number of rotatable bonds is 0. The van der Waals surface area contributed by atoms with Crippen LogP contribution in [0, 0.1) is 21.6 Å². The van der Waals surface area contributed by atoms with E-state index in [-0.39, 0.29) is 17.1 Å². The largest absolute Gasteiger partial charge is 2.00 e. The Balaban J connectivity index is -0.000000329. The van der Waals surface area contributed by atoms with Gasteiger partial charge in [0.1, 0.15) is 25.3 Å². The molecule has 0 fully saturated rings. The molecule has 0 N–H and O–H groups in total. The Morgan fingerprint density at radius 3 is 0.636 bits per heavy atom. The van der Waals surface area contributed by atoms with Crippen LogP contribution in [-0.2, 0) is 45.3 Å². The van der Waals surface area contributed by atoms with Crippen molar-refractivity contribution in [2.45, 2.75) is 0 Å². The Kier molecular flexibility index (Phi) is 25.1. The van der Waals surface area contributed by atoms with E-state index in [1.54, 1.807) is 28.2 Å². The van der Waals surface area contributed by atoms with Crippen molar-refractivity contribution < 1.29 is 66.6 Å². The summed E-state index contributed by atoms with van der Waals surface area (Å²) in [6, 6.07) is 0. The molecular formula is C8H16Cl2CuN16O6. The van der Waals surface area contributed by atoms with Crippen LogP contribution in [0.4, 0.5) is 0 Å². The van der Waals surface area contributed by atoms with E-state index >= 15 is 0 Å². The van der Waals surface area contributed by atoms with Gasteiger partial charge < -0.3 is 28.0 Å². The molecule has 22 nitrogen and oxygen atoms in total. The first-order valence-electron chi connectivity index (χ1n) is 7.18. The molecule has 0 aromatic carbocycles. The third-order valence-corrected chi connectivity index (χ3v) is 1.81. The maximum atomic E-state index is 8.41. The monoisotopic (exact) mass is 565 g/mol. The average Bonchev–Trinajstić information content (AvgIpc) is 3.47. The molecule has 4 aromatic heterocycles. The van der Waals surface area contributed by atoms with E-state index in [1.165, 1.54) is 44.0 Å². The smallest absolute Gasteiger partial charge is 0.357 e. The standard InChI is InChI=1S/4C2H4N4.2ClO3.Cu/c4*1-6-2-3-4-5-6;2*2-1(3)4;/h4*2H,1H3;;;/q;;;;2*-1;+2. The van der Waals surface area contributed by atoms with Gasteiger partial charge in [0, 0.05) is 28.2 Å². The summed E-state index contributed by atoms with van der Waals surface area (Å²) in [5.74, 6) is 0. The Bertz CT molecular complexity index is 679. The minimum atomic E-state index is -2.85. The van der Waals surface area contributed by atoms with Crippen molar-refractivity contribution >= 4 is 0 Å². The van der Waals surface area contributed by atoms with Crippen LogP contribution in [0.1, 0.15) is 0 Å². The molecule has 0 bridgehead atoms. The van der Waals surface area contributed by atoms with Crippen molar-refractivity contribution in [3.05, 3.63) is 25.3 Å². The maximum Gasteiger partial charge on any atom is 2.00 e. The summed E-state index contributed by atoms with van der Waals surface area (Å²) >= 11 is 0. The molecule has 0 saturated carbocycles. The average molecular weight is 567 g/mol. The number of aryl methyl sites for hydroxylation is 4. The predicted octanol–water partition coefficient (Wildman–Crippen LogP) is -10.3. The Labute approximate surface area is 201 Å². The second-order valence-corrected chi connectivity index (χ2v) is 5.07. The van der Waals surface area contributed by atoms with Gasteiger partial charge in [-0.3, -0.25) is 0 Å². The van der Waals surface area contributed by atoms with Crippen molar-refractivity contribution in [3.63, 3.8) is 0 Å². The molecule has 4 rings (SSSR count). The fourth-order valence-electron chi connectivity index (χ4n) is 0.828. The number of halogens is 2. The van der Waals surface area contributed by atoms with Crippen LogP contribution in [0.15, 0.2) is 25.3 Å². The zero-order chi connectivity index (χ0) is 24.8. The van der Waals surface area contributed by atoms with E-state index in [9.17, 15) is 0 Å². The summed E-state index contributed by atoms with van der Waals surface area (Å²) in [5.41, 5.74) is 0. The topological polar surface area (TPSA) is 313 Å². The summed E-state index contributed by atoms with van der Waals surface area (Å²) in [6.07, 6.45) is 6.11. The number of nitrogens with zero attached hydrogens (tertiary/aromatic N) is 16. The van der Waals surface area contributed by atoms with E-state index in [2.05, 4.69) is 62.1 Å². The molecule has 0 aliphatic heterocycles. The number of hydrogen-bond donors (Lipinski definition) is 0. The van der Waals surface area contributed by atoms with Gasteiger partial charge in [-0.15, -0.1) is 20.4 Å². The summed E-state index contributed by atoms with van der Waals surface area (Å²) in [7, 11) is 1.35. The molecular weight excluding hydrogens is 551 g/mol. The van der Waals surface area contributed by atoms with Gasteiger partial charge in [-0.2, -0.15) is 0 Å². The third-order valence-electron chi connectivity index (χ3n) is 1.81. The van der Waals surface area contributed by atoms with Gasteiger partial charge >= 0.3 is 17.1 Å². The molecule has 0 amide bonds. The predicted molar refractivity (Wildman–Crippen MR) is 75.2 cm³/mol. The van der Waals surface area contributed by atoms with Gasteiger partial charge in [-0.25, -0.2) is 18.7 Å². The molecule has 0 atom stereocenters. The quantitative estimate of drug-likeness (QED) is 0.178. The normalized spacial score (nSPS) is 8.61. The fourth-order valence-corrected chi connectivity index (χ4v) is 0.828. The first-order valence-corrected chi connectivity index (χ1v) is 9.03. The van der Waals surface area contributed by atoms with E-state index in [4.69, 9.17) is 28.0 Å². The summed E-state index contributed by atoms with van der Waals surface area (Å²) < 4.78 is 56.6. The van der Waals surface area contributed by atoms with Gasteiger partial charge in [0.25, 0.3) is 0 Å². The van der Waals surface area contributed by atoms with Crippen LogP contribution in [0.25, 0.3) is 0 Å². The minimum Gasteiger partial charge on any atom is -0.357 e.